The van der Waals surface area contributed by atoms with Crippen LogP contribution in [0.1, 0.15) is 5.76 Å². The van der Waals surface area contributed by atoms with Crippen molar-refractivity contribution in [1.29, 1.82) is 0 Å². The first-order valence-electron chi connectivity index (χ1n) is 6.02. The number of nitrogens with zero attached hydrogens (tertiary/aromatic N) is 2. The van der Waals surface area contributed by atoms with E-state index in [2.05, 4.69) is 15.8 Å². The van der Waals surface area contributed by atoms with E-state index in [9.17, 15) is 14.9 Å². The van der Waals surface area contributed by atoms with Gasteiger partial charge in [-0.3, -0.25) is 14.9 Å². The van der Waals surface area contributed by atoms with E-state index in [1.807, 2.05) is 0 Å². The number of carbonyl (C=O) groups excluding carboxylic acids is 1. The molecule has 0 spiro atoms. The minimum Gasteiger partial charge on any atom is -0.481 e. The molecule has 0 saturated carbocycles. The summed E-state index contributed by atoms with van der Waals surface area (Å²) in [6, 6.07) is 4.38. The minimum atomic E-state index is -0.525. The molecule has 3 rings (SSSR count). The largest absolute Gasteiger partial charge is 0.481 e. The molecule has 9 nitrogen and oxygen atoms in total. The molecular formula is C12H10N4O5. The van der Waals surface area contributed by atoms with Gasteiger partial charge in [0.1, 0.15) is 5.69 Å². The average molecular weight is 290 g/mol. The number of aromatic nitrogens is 1. The second kappa shape index (κ2) is 5.12. The molecule has 1 aromatic carbocycles. The number of fused-ring (bicyclic) bond motifs is 1. The highest BCUT2D eigenvalue weighted by molar-refractivity contribution is 5.96. The van der Waals surface area contributed by atoms with E-state index >= 15 is 0 Å². The third kappa shape index (κ3) is 2.61. The van der Waals surface area contributed by atoms with Crippen LogP contribution in [0.25, 0.3) is 0 Å². The standard InChI is InChI=1S/C12H10N4O5/c17-12-6-20-11-4-10(16(18)19)8(3-9(11)15-12)13-5-7-1-2-14-21-7/h1-4,13H,5-6H2,(H,15,17). The van der Waals surface area contributed by atoms with Crippen molar-refractivity contribution in [3.05, 3.63) is 40.3 Å². The number of amides is 1. The van der Waals surface area contributed by atoms with Crippen LogP contribution < -0.4 is 15.4 Å². The summed E-state index contributed by atoms with van der Waals surface area (Å²) in [6.07, 6.45) is 1.48. The van der Waals surface area contributed by atoms with Gasteiger partial charge in [-0.2, -0.15) is 0 Å². The lowest BCUT2D eigenvalue weighted by molar-refractivity contribution is -0.384. The molecule has 2 N–H and O–H groups in total. The summed E-state index contributed by atoms with van der Waals surface area (Å²) in [5.41, 5.74) is 0.488. The van der Waals surface area contributed by atoms with E-state index in [1.54, 1.807) is 6.07 Å². The lowest BCUT2D eigenvalue weighted by Crippen LogP contribution is -2.25. The summed E-state index contributed by atoms with van der Waals surface area (Å²) in [7, 11) is 0. The Morgan fingerprint density at radius 2 is 2.33 bits per heavy atom. The summed E-state index contributed by atoms with van der Waals surface area (Å²) >= 11 is 0. The molecule has 0 fully saturated rings. The quantitative estimate of drug-likeness (QED) is 0.647. The van der Waals surface area contributed by atoms with E-state index in [4.69, 9.17) is 9.26 Å². The first-order valence-corrected chi connectivity index (χ1v) is 6.02. The number of anilines is 2. The van der Waals surface area contributed by atoms with Crippen molar-refractivity contribution in [2.45, 2.75) is 6.54 Å². The van der Waals surface area contributed by atoms with E-state index in [1.165, 1.54) is 18.3 Å². The van der Waals surface area contributed by atoms with Crippen molar-refractivity contribution >= 4 is 23.0 Å². The highest BCUT2D eigenvalue weighted by Gasteiger charge is 2.23. The van der Waals surface area contributed by atoms with Gasteiger partial charge in [0.15, 0.2) is 18.1 Å². The van der Waals surface area contributed by atoms with Crippen LogP contribution in [-0.4, -0.2) is 22.6 Å². The van der Waals surface area contributed by atoms with Gasteiger partial charge in [0.25, 0.3) is 11.6 Å². The van der Waals surface area contributed by atoms with Gasteiger partial charge in [0.2, 0.25) is 0 Å². The topological polar surface area (TPSA) is 120 Å². The van der Waals surface area contributed by atoms with Gasteiger partial charge in [0, 0.05) is 6.07 Å². The predicted molar refractivity (Wildman–Crippen MR) is 71.1 cm³/mol. The third-order valence-electron chi connectivity index (χ3n) is 2.87. The molecule has 0 radical (unpaired) electrons. The maximum atomic E-state index is 11.3. The molecule has 21 heavy (non-hydrogen) atoms. The van der Waals surface area contributed by atoms with Crippen LogP contribution in [0.15, 0.2) is 28.9 Å². The molecule has 0 aliphatic carbocycles. The molecule has 0 unspecified atom stereocenters. The smallest absolute Gasteiger partial charge is 0.296 e. The van der Waals surface area contributed by atoms with Crippen molar-refractivity contribution in [3.8, 4) is 5.75 Å². The number of nitro groups is 1. The van der Waals surface area contributed by atoms with Crippen LogP contribution in [0.4, 0.5) is 17.1 Å². The molecule has 108 valence electrons. The van der Waals surface area contributed by atoms with Crippen LogP contribution in [-0.2, 0) is 11.3 Å². The Kier molecular flexibility index (Phi) is 3.14. The third-order valence-corrected chi connectivity index (χ3v) is 2.87. The average Bonchev–Trinajstić information content (AvgIpc) is 2.97. The molecule has 1 amide bonds. The number of nitrogens with one attached hydrogen (secondary N) is 2. The van der Waals surface area contributed by atoms with Crippen molar-refractivity contribution in [2.24, 2.45) is 0 Å². The highest BCUT2D eigenvalue weighted by Crippen LogP contribution is 2.37. The number of ether oxygens (including phenoxy) is 1. The summed E-state index contributed by atoms with van der Waals surface area (Å²) in [5.74, 6) is 0.492. The zero-order valence-corrected chi connectivity index (χ0v) is 10.7. The Morgan fingerprint density at radius 1 is 1.48 bits per heavy atom. The Labute approximate surface area is 118 Å². The lowest BCUT2D eigenvalue weighted by Gasteiger charge is -2.18. The first-order chi connectivity index (χ1) is 10.1. The number of hydrogen-bond donors (Lipinski definition) is 2. The number of nitro benzene ring substituents is 1. The van der Waals surface area contributed by atoms with Crippen LogP contribution in [0.5, 0.6) is 5.75 Å². The molecule has 1 aliphatic rings. The highest BCUT2D eigenvalue weighted by atomic mass is 16.6. The molecule has 2 aromatic rings. The molecule has 1 aromatic heterocycles. The van der Waals surface area contributed by atoms with Crippen LogP contribution in [0.2, 0.25) is 0 Å². The second-order valence-corrected chi connectivity index (χ2v) is 4.29. The molecule has 0 saturated heterocycles. The molecule has 2 heterocycles. The number of carbonyl (C=O) groups is 1. The van der Waals surface area contributed by atoms with Crippen LogP contribution in [0, 0.1) is 10.1 Å². The van der Waals surface area contributed by atoms with Gasteiger partial charge in [-0.1, -0.05) is 5.16 Å². The zero-order chi connectivity index (χ0) is 14.8. The van der Waals surface area contributed by atoms with E-state index < -0.39 is 4.92 Å². The monoisotopic (exact) mass is 290 g/mol. The van der Waals surface area contributed by atoms with Crippen molar-refractivity contribution in [1.82, 2.24) is 5.16 Å². The van der Waals surface area contributed by atoms with Crippen LogP contribution >= 0.6 is 0 Å². The number of rotatable bonds is 4. The molecular weight excluding hydrogens is 280 g/mol. The molecule has 0 atom stereocenters. The van der Waals surface area contributed by atoms with E-state index in [-0.39, 0.29) is 36.2 Å². The lowest BCUT2D eigenvalue weighted by atomic mass is 10.2. The fraction of sp³-hybridized carbons (Fsp3) is 0.167. The zero-order valence-electron chi connectivity index (χ0n) is 10.7. The van der Waals surface area contributed by atoms with E-state index in [0.29, 0.717) is 11.4 Å². The van der Waals surface area contributed by atoms with Crippen molar-refractivity contribution in [3.63, 3.8) is 0 Å². The van der Waals surface area contributed by atoms with Gasteiger partial charge in [-0.25, -0.2) is 0 Å². The maximum Gasteiger partial charge on any atom is 0.296 e. The van der Waals surface area contributed by atoms with Gasteiger partial charge in [0.05, 0.1) is 29.4 Å². The minimum absolute atomic E-state index is 0.149. The molecule has 9 heteroatoms. The SMILES string of the molecule is O=C1COc2cc([N+](=O)[O-])c(NCc3ccno3)cc2N1. The summed E-state index contributed by atoms with van der Waals surface area (Å²) in [5, 5.41) is 20.1. The van der Waals surface area contributed by atoms with Gasteiger partial charge in [-0.15, -0.1) is 0 Å². The van der Waals surface area contributed by atoms with E-state index in [0.717, 1.165) is 0 Å². The molecule has 1 aliphatic heterocycles. The van der Waals surface area contributed by atoms with Gasteiger partial charge < -0.3 is 19.9 Å². The van der Waals surface area contributed by atoms with Gasteiger partial charge >= 0.3 is 0 Å². The Morgan fingerprint density at radius 3 is 3.05 bits per heavy atom. The maximum absolute atomic E-state index is 11.3. The summed E-state index contributed by atoms with van der Waals surface area (Å²) < 4.78 is 10.1. The first kappa shape index (κ1) is 12.9. The summed E-state index contributed by atoms with van der Waals surface area (Å²) in [4.78, 5) is 21.9. The second-order valence-electron chi connectivity index (χ2n) is 4.29. The normalized spacial score (nSPS) is 13.0. The van der Waals surface area contributed by atoms with Gasteiger partial charge in [-0.05, 0) is 6.07 Å². The Balaban J connectivity index is 1.91. The Hall–Kier alpha value is -3.10. The molecule has 0 bridgehead atoms. The fourth-order valence-corrected chi connectivity index (χ4v) is 1.92. The van der Waals surface area contributed by atoms with Crippen molar-refractivity contribution < 1.29 is 19.0 Å². The fourth-order valence-electron chi connectivity index (χ4n) is 1.92. The predicted octanol–water partition coefficient (Wildman–Crippen LogP) is 1.53. The number of benzene rings is 1. The summed E-state index contributed by atoms with van der Waals surface area (Å²) in [6.45, 7) is 0.0728. The van der Waals surface area contributed by atoms with Crippen LogP contribution in [0.3, 0.4) is 0 Å². The Bertz CT molecular complexity index is 698. The van der Waals surface area contributed by atoms with Crippen molar-refractivity contribution in [2.75, 3.05) is 17.2 Å². The number of hydrogen-bond acceptors (Lipinski definition) is 7.